The molecule has 0 bridgehead atoms. The highest BCUT2D eigenvalue weighted by Crippen LogP contribution is 2.27. The van der Waals surface area contributed by atoms with Gasteiger partial charge in [0, 0.05) is 24.2 Å². The summed E-state index contributed by atoms with van der Waals surface area (Å²) in [6, 6.07) is 13.6. The van der Waals surface area contributed by atoms with Crippen LogP contribution in [0.4, 0.5) is 5.69 Å². The average molecular weight is 369 g/mol. The van der Waals surface area contributed by atoms with Crippen LogP contribution in [0, 0.1) is 10.1 Å². The molecule has 2 aromatic carbocycles. The number of carbonyl (C=O) groups is 1. The number of non-ortho nitro benzene ring substituents is 1. The number of ether oxygens (including phenoxy) is 1. The van der Waals surface area contributed by atoms with Gasteiger partial charge in [-0.05, 0) is 55.8 Å². The number of methoxy groups -OCH3 is 1. The third-order valence-corrected chi connectivity index (χ3v) is 4.86. The van der Waals surface area contributed by atoms with Crippen LogP contribution in [0.5, 0.6) is 5.75 Å². The van der Waals surface area contributed by atoms with Gasteiger partial charge in [0.05, 0.1) is 18.1 Å². The third-order valence-electron chi connectivity index (χ3n) is 4.86. The Hall–Kier alpha value is -2.93. The van der Waals surface area contributed by atoms with Crippen LogP contribution in [0.3, 0.4) is 0 Å². The number of hydrogen-bond acceptors (Lipinski definition) is 5. The van der Waals surface area contributed by atoms with Crippen molar-refractivity contribution in [2.75, 3.05) is 26.7 Å². The highest BCUT2D eigenvalue weighted by Gasteiger charge is 2.24. The summed E-state index contributed by atoms with van der Waals surface area (Å²) >= 11 is 0. The van der Waals surface area contributed by atoms with Gasteiger partial charge in [-0.15, -0.1) is 0 Å². The topological polar surface area (TPSA) is 84.7 Å². The van der Waals surface area contributed by atoms with E-state index < -0.39 is 4.92 Å². The molecule has 1 amide bonds. The van der Waals surface area contributed by atoms with Crippen molar-refractivity contribution in [2.45, 2.75) is 18.9 Å². The first kappa shape index (κ1) is 18.8. The summed E-state index contributed by atoms with van der Waals surface area (Å²) in [4.78, 5) is 25.1. The monoisotopic (exact) mass is 369 g/mol. The number of benzene rings is 2. The fourth-order valence-corrected chi connectivity index (χ4v) is 3.39. The average Bonchev–Trinajstić information content (AvgIpc) is 3.22. The molecule has 7 nitrogen and oxygen atoms in total. The number of rotatable bonds is 7. The summed E-state index contributed by atoms with van der Waals surface area (Å²) in [5, 5.41) is 13.7. The van der Waals surface area contributed by atoms with Crippen LogP contribution in [0.1, 0.15) is 34.8 Å². The summed E-state index contributed by atoms with van der Waals surface area (Å²) < 4.78 is 5.33. The minimum absolute atomic E-state index is 0.0297. The lowest BCUT2D eigenvalue weighted by molar-refractivity contribution is -0.384. The summed E-state index contributed by atoms with van der Waals surface area (Å²) in [6.07, 6.45) is 2.30. The Morgan fingerprint density at radius 3 is 2.56 bits per heavy atom. The molecule has 0 spiro atoms. The molecule has 0 aliphatic carbocycles. The van der Waals surface area contributed by atoms with Gasteiger partial charge in [0.1, 0.15) is 5.75 Å². The summed E-state index contributed by atoms with van der Waals surface area (Å²) in [5.74, 6) is 0.551. The normalized spacial score (nSPS) is 15.3. The summed E-state index contributed by atoms with van der Waals surface area (Å²) in [6.45, 7) is 2.45. The van der Waals surface area contributed by atoms with Crippen molar-refractivity contribution >= 4 is 11.6 Å². The lowest BCUT2D eigenvalue weighted by Gasteiger charge is -2.28. The second-order valence-electron chi connectivity index (χ2n) is 6.55. The number of carbonyl (C=O) groups excluding carboxylic acids is 1. The van der Waals surface area contributed by atoms with Crippen LogP contribution in [0.15, 0.2) is 48.5 Å². The maximum absolute atomic E-state index is 12.5. The number of nitro groups is 1. The first-order valence-electron chi connectivity index (χ1n) is 8.99. The van der Waals surface area contributed by atoms with E-state index in [0.717, 1.165) is 37.2 Å². The second kappa shape index (κ2) is 8.64. The molecule has 1 unspecified atom stereocenters. The molecule has 1 saturated heterocycles. The van der Waals surface area contributed by atoms with E-state index in [4.69, 9.17) is 4.74 Å². The van der Waals surface area contributed by atoms with Crippen LogP contribution in [0.2, 0.25) is 0 Å². The van der Waals surface area contributed by atoms with Gasteiger partial charge >= 0.3 is 0 Å². The van der Waals surface area contributed by atoms with E-state index >= 15 is 0 Å². The molecule has 1 N–H and O–H groups in total. The van der Waals surface area contributed by atoms with Crippen molar-refractivity contribution < 1.29 is 14.5 Å². The smallest absolute Gasteiger partial charge is 0.269 e. The van der Waals surface area contributed by atoms with E-state index in [2.05, 4.69) is 10.2 Å². The molecular formula is C20H23N3O4. The van der Waals surface area contributed by atoms with E-state index in [0.29, 0.717) is 12.1 Å². The van der Waals surface area contributed by atoms with Gasteiger partial charge in [-0.25, -0.2) is 0 Å². The van der Waals surface area contributed by atoms with Crippen molar-refractivity contribution in [1.29, 1.82) is 0 Å². The molecule has 3 rings (SSSR count). The second-order valence-corrected chi connectivity index (χ2v) is 6.55. The number of likely N-dealkylation sites (tertiary alicyclic amines) is 1. The maximum atomic E-state index is 12.5. The zero-order valence-corrected chi connectivity index (χ0v) is 15.3. The van der Waals surface area contributed by atoms with E-state index in [1.54, 1.807) is 7.11 Å². The molecule has 1 heterocycles. The van der Waals surface area contributed by atoms with Gasteiger partial charge in [0.2, 0.25) is 0 Å². The molecule has 7 heteroatoms. The molecular weight excluding hydrogens is 346 g/mol. The molecule has 0 aromatic heterocycles. The van der Waals surface area contributed by atoms with Crippen molar-refractivity contribution in [1.82, 2.24) is 10.2 Å². The molecule has 1 atom stereocenters. The molecule has 142 valence electrons. The number of nitro benzene ring substituents is 1. The predicted molar refractivity (Wildman–Crippen MR) is 102 cm³/mol. The minimum atomic E-state index is -0.478. The number of hydrogen-bond donors (Lipinski definition) is 1. The number of nitrogens with zero attached hydrogens (tertiary/aromatic N) is 2. The molecule has 0 saturated carbocycles. The summed E-state index contributed by atoms with van der Waals surface area (Å²) in [5.41, 5.74) is 1.48. The van der Waals surface area contributed by atoms with Gasteiger partial charge in [0.25, 0.3) is 11.6 Å². The lowest BCUT2D eigenvalue weighted by atomic mass is 10.0. The van der Waals surface area contributed by atoms with Crippen LogP contribution in [-0.2, 0) is 0 Å². The minimum Gasteiger partial charge on any atom is -0.497 e. The van der Waals surface area contributed by atoms with Gasteiger partial charge in [0.15, 0.2) is 0 Å². The zero-order chi connectivity index (χ0) is 19.2. The van der Waals surface area contributed by atoms with Gasteiger partial charge in [-0.2, -0.15) is 0 Å². The van der Waals surface area contributed by atoms with Gasteiger partial charge in [-0.1, -0.05) is 12.1 Å². The van der Waals surface area contributed by atoms with E-state index in [-0.39, 0.29) is 17.6 Å². The Labute approximate surface area is 158 Å². The zero-order valence-electron chi connectivity index (χ0n) is 15.3. The Kier molecular flexibility index (Phi) is 6.03. The molecule has 27 heavy (non-hydrogen) atoms. The Morgan fingerprint density at radius 1 is 1.22 bits per heavy atom. The Morgan fingerprint density at radius 2 is 1.93 bits per heavy atom. The van der Waals surface area contributed by atoms with Crippen LogP contribution >= 0.6 is 0 Å². The third kappa shape index (κ3) is 4.62. The maximum Gasteiger partial charge on any atom is 0.269 e. The first-order chi connectivity index (χ1) is 13.1. The lowest BCUT2D eigenvalue weighted by Crippen LogP contribution is -2.36. The van der Waals surface area contributed by atoms with Crippen molar-refractivity contribution in [3.05, 3.63) is 69.8 Å². The SMILES string of the molecule is COc1cccc(C(CNC(=O)c2ccc([N+](=O)[O-])cc2)N2CCCC2)c1. The predicted octanol–water partition coefficient (Wildman–Crippen LogP) is 3.17. The molecule has 0 radical (unpaired) electrons. The fourth-order valence-electron chi connectivity index (χ4n) is 3.39. The Balaban J connectivity index is 1.72. The van der Waals surface area contributed by atoms with Crippen molar-refractivity contribution in [3.63, 3.8) is 0 Å². The molecule has 1 aliphatic rings. The quantitative estimate of drug-likeness (QED) is 0.598. The van der Waals surface area contributed by atoms with Crippen LogP contribution in [0.25, 0.3) is 0 Å². The van der Waals surface area contributed by atoms with E-state index in [1.807, 2.05) is 24.3 Å². The number of amides is 1. The number of nitrogens with one attached hydrogen (secondary N) is 1. The highest BCUT2D eigenvalue weighted by molar-refractivity contribution is 5.94. The van der Waals surface area contributed by atoms with E-state index in [9.17, 15) is 14.9 Å². The molecule has 1 fully saturated rings. The van der Waals surface area contributed by atoms with Gasteiger partial charge in [-0.3, -0.25) is 19.8 Å². The van der Waals surface area contributed by atoms with Gasteiger partial charge < -0.3 is 10.1 Å². The van der Waals surface area contributed by atoms with E-state index in [1.165, 1.54) is 24.3 Å². The standard InChI is InChI=1S/C20H23N3O4/c1-27-18-6-4-5-16(13-18)19(22-11-2-3-12-22)14-21-20(24)15-7-9-17(10-8-15)23(25)26/h4-10,13,19H,2-3,11-12,14H2,1H3,(H,21,24). The highest BCUT2D eigenvalue weighted by atomic mass is 16.6. The first-order valence-corrected chi connectivity index (χ1v) is 8.99. The van der Waals surface area contributed by atoms with Crippen molar-refractivity contribution in [3.8, 4) is 5.75 Å². The Bertz CT molecular complexity index is 801. The van der Waals surface area contributed by atoms with Crippen LogP contribution < -0.4 is 10.1 Å². The fraction of sp³-hybridized carbons (Fsp3) is 0.350. The summed E-state index contributed by atoms with van der Waals surface area (Å²) in [7, 11) is 1.64. The largest absolute Gasteiger partial charge is 0.497 e. The molecule has 2 aromatic rings. The van der Waals surface area contributed by atoms with Crippen molar-refractivity contribution in [2.24, 2.45) is 0 Å². The molecule has 1 aliphatic heterocycles. The van der Waals surface area contributed by atoms with Crippen LogP contribution in [-0.4, -0.2) is 42.5 Å².